The summed E-state index contributed by atoms with van der Waals surface area (Å²) in [7, 11) is -1.46. The molecule has 0 radical (unpaired) electrons. The SMILES string of the molecule is CCOC(=O)CCS(=O)(=O)NC1CCC(NC)CC1. The van der Waals surface area contributed by atoms with E-state index >= 15 is 0 Å². The molecular weight excluding hydrogens is 268 g/mol. The van der Waals surface area contributed by atoms with Crippen molar-refractivity contribution in [3.8, 4) is 0 Å². The summed E-state index contributed by atoms with van der Waals surface area (Å²) in [5, 5.41) is 3.20. The van der Waals surface area contributed by atoms with Gasteiger partial charge in [0.25, 0.3) is 0 Å². The summed E-state index contributed by atoms with van der Waals surface area (Å²) < 4.78 is 31.0. The molecule has 1 aliphatic rings. The quantitative estimate of drug-likeness (QED) is 0.663. The van der Waals surface area contributed by atoms with Crippen molar-refractivity contribution in [1.82, 2.24) is 10.0 Å². The molecule has 0 atom stereocenters. The van der Waals surface area contributed by atoms with Crippen LogP contribution in [-0.2, 0) is 19.6 Å². The summed E-state index contributed by atoms with van der Waals surface area (Å²) in [4.78, 5) is 11.1. The molecule has 0 spiro atoms. The number of esters is 1. The van der Waals surface area contributed by atoms with Crippen molar-refractivity contribution < 1.29 is 17.9 Å². The van der Waals surface area contributed by atoms with Crippen LogP contribution >= 0.6 is 0 Å². The first-order valence-corrected chi connectivity index (χ1v) is 8.45. The van der Waals surface area contributed by atoms with E-state index in [1.54, 1.807) is 6.92 Å². The first kappa shape index (κ1) is 16.4. The Morgan fingerprint density at radius 2 is 1.79 bits per heavy atom. The minimum atomic E-state index is -3.39. The molecule has 0 amide bonds. The van der Waals surface area contributed by atoms with E-state index in [1.165, 1.54) is 0 Å². The number of rotatable bonds is 7. The number of carbonyl (C=O) groups is 1. The van der Waals surface area contributed by atoms with Crippen LogP contribution in [0.5, 0.6) is 0 Å². The van der Waals surface area contributed by atoms with Gasteiger partial charge in [-0.1, -0.05) is 0 Å². The Morgan fingerprint density at radius 1 is 1.21 bits per heavy atom. The zero-order valence-electron chi connectivity index (χ0n) is 11.6. The van der Waals surface area contributed by atoms with E-state index in [0.29, 0.717) is 6.04 Å². The zero-order valence-corrected chi connectivity index (χ0v) is 12.5. The van der Waals surface area contributed by atoms with Gasteiger partial charge >= 0.3 is 5.97 Å². The van der Waals surface area contributed by atoms with Crippen molar-refractivity contribution in [2.45, 2.75) is 51.1 Å². The fourth-order valence-corrected chi connectivity index (χ4v) is 3.56. The first-order chi connectivity index (χ1) is 8.96. The summed E-state index contributed by atoms with van der Waals surface area (Å²) in [6, 6.07) is 0.483. The Morgan fingerprint density at radius 3 is 2.32 bits per heavy atom. The molecule has 1 fully saturated rings. The number of ether oxygens (including phenoxy) is 1. The van der Waals surface area contributed by atoms with Gasteiger partial charge in [-0.3, -0.25) is 4.79 Å². The van der Waals surface area contributed by atoms with E-state index in [1.807, 2.05) is 7.05 Å². The van der Waals surface area contributed by atoms with Crippen LogP contribution in [0.1, 0.15) is 39.0 Å². The second-order valence-electron chi connectivity index (χ2n) is 4.83. The van der Waals surface area contributed by atoms with E-state index in [0.717, 1.165) is 25.7 Å². The van der Waals surface area contributed by atoms with Crippen LogP contribution in [0.15, 0.2) is 0 Å². The highest BCUT2D eigenvalue weighted by molar-refractivity contribution is 7.89. The molecule has 0 heterocycles. The highest BCUT2D eigenvalue weighted by Crippen LogP contribution is 2.19. The van der Waals surface area contributed by atoms with E-state index in [2.05, 4.69) is 10.0 Å². The summed E-state index contributed by atoms with van der Waals surface area (Å²) in [6.45, 7) is 1.98. The Balaban J connectivity index is 2.32. The lowest BCUT2D eigenvalue weighted by atomic mass is 9.92. The maximum absolute atomic E-state index is 11.8. The van der Waals surface area contributed by atoms with E-state index in [9.17, 15) is 13.2 Å². The lowest BCUT2D eigenvalue weighted by Gasteiger charge is -2.28. The van der Waals surface area contributed by atoms with Crippen LogP contribution in [0.4, 0.5) is 0 Å². The van der Waals surface area contributed by atoms with Crippen molar-refractivity contribution in [2.24, 2.45) is 0 Å². The van der Waals surface area contributed by atoms with Crippen molar-refractivity contribution in [1.29, 1.82) is 0 Å². The van der Waals surface area contributed by atoms with Gasteiger partial charge < -0.3 is 10.1 Å². The van der Waals surface area contributed by atoms with Gasteiger partial charge in [-0.05, 0) is 39.7 Å². The van der Waals surface area contributed by atoms with Crippen LogP contribution in [0.25, 0.3) is 0 Å². The molecule has 1 aliphatic carbocycles. The maximum Gasteiger partial charge on any atom is 0.306 e. The summed E-state index contributed by atoms with van der Waals surface area (Å²) in [5.41, 5.74) is 0. The van der Waals surface area contributed by atoms with E-state index in [-0.39, 0.29) is 24.8 Å². The first-order valence-electron chi connectivity index (χ1n) is 6.79. The van der Waals surface area contributed by atoms with Crippen molar-refractivity contribution in [3.05, 3.63) is 0 Å². The van der Waals surface area contributed by atoms with Crippen LogP contribution in [0, 0.1) is 0 Å². The van der Waals surface area contributed by atoms with E-state index < -0.39 is 16.0 Å². The minimum absolute atomic E-state index is 0.00297. The van der Waals surface area contributed by atoms with Gasteiger partial charge in [0, 0.05) is 12.1 Å². The predicted octanol–water partition coefficient (Wildman–Crippen LogP) is 0.390. The fourth-order valence-electron chi connectivity index (χ4n) is 2.26. The second-order valence-corrected chi connectivity index (χ2v) is 6.70. The number of nitrogens with one attached hydrogen (secondary N) is 2. The molecular formula is C12H24N2O4S. The summed E-state index contributed by atoms with van der Waals surface area (Å²) in [5.74, 6) is -0.663. The van der Waals surface area contributed by atoms with Gasteiger partial charge in [0.2, 0.25) is 10.0 Å². The Labute approximate surface area is 115 Å². The molecule has 19 heavy (non-hydrogen) atoms. The molecule has 0 aliphatic heterocycles. The molecule has 1 rings (SSSR count). The molecule has 0 aromatic rings. The third-order valence-corrected chi connectivity index (χ3v) is 4.80. The number of hydrogen-bond acceptors (Lipinski definition) is 5. The molecule has 1 saturated carbocycles. The lowest BCUT2D eigenvalue weighted by Crippen LogP contribution is -2.42. The van der Waals surface area contributed by atoms with Crippen molar-refractivity contribution >= 4 is 16.0 Å². The van der Waals surface area contributed by atoms with E-state index in [4.69, 9.17) is 4.74 Å². The summed E-state index contributed by atoms with van der Waals surface area (Å²) in [6.07, 6.45) is 3.53. The highest BCUT2D eigenvalue weighted by atomic mass is 32.2. The van der Waals surface area contributed by atoms with Crippen molar-refractivity contribution in [2.75, 3.05) is 19.4 Å². The third kappa shape index (κ3) is 6.35. The van der Waals surface area contributed by atoms with Gasteiger partial charge in [0.05, 0.1) is 18.8 Å². The van der Waals surface area contributed by atoms with Crippen LogP contribution in [0.2, 0.25) is 0 Å². The molecule has 0 aromatic heterocycles. The molecule has 2 N–H and O–H groups in total. The average Bonchev–Trinajstić information content (AvgIpc) is 2.37. The third-order valence-electron chi connectivity index (χ3n) is 3.36. The van der Waals surface area contributed by atoms with Crippen LogP contribution in [-0.4, -0.2) is 45.9 Å². The highest BCUT2D eigenvalue weighted by Gasteiger charge is 2.24. The largest absolute Gasteiger partial charge is 0.466 e. The Hall–Kier alpha value is -0.660. The van der Waals surface area contributed by atoms with Crippen LogP contribution < -0.4 is 10.0 Å². The number of carbonyl (C=O) groups excluding carboxylic acids is 1. The van der Waals surface area contributed by atoms with Gasteiger partial charge in [-0.15, -0.1) is 0 Å². The molecule has 0 bridgehead atoms. The monoisotopic (exact) mass is 292 g/mol. The minimum Gasteiger partial charge on any atom is -0.466 e. The molecule has 0 aromatic carbocycles. The lowest BCUT2D eigenvalue weighted by molar-refractivity contribution is -0.142. The normalized spacial score (nSPS) is 24.1. The topological polar surface area (TPSA) is 84.5 Å². The molecule has 6 nitrogen and oxygen atoms in total. The Bertz CT molecular complexity index is 375. The average molecular weight is 292 g/mol. The van der Waals surface area contributed by atoms with Gasteiger partial charge in [-0.2, -0.15) is 0 Å². The van der Waals surface area contributed by atoms with Gasteiger partial charge in [0.1, 0.15) is 0 Å². The maximum atomic E-state index is 11.8. The Kier molecular flexibility index (Phi) is 6.74. The predicted molar refractivity (Wildman–Crippen MR) is 73.3 cm³/mol. The summed E-state index contributed by atoms with van der Waals surface area (Å²) >= 11 is 0. The van der Waals surface area contributed by atoms with Crippen LogP contribution in [0.3, 0.4) is 0 Å². The molecule has 0 unspecified atom stereocenters. The molecule has 112 valence electrons. The molecule has 0 saturated heterocycles. The fraction of sp³-hybridized carbons (Fsp3) is 0.917. The standard InChI is InChI=1S/C12H24N2O4S/c1-3-18-12(15)8-9-19(16,17)14-11-6-4-10(13-2)5-7-11/h10-11,13-14H,3-9H2,1-2H3. The molecule has 7 heteroatoms. The smallest absolute Gasteiger partial charge is 0.306 e. The van der Waals surface area contributed by atoms with Gasteiger partial charge in [0.15, 0.2) is 0 Å². The second kappa shape index (κ2) is 7.81. The zero-order chi connectivity index (χ0) is 14.3. The van der Waals surface area contributed by atoms with Crippen molar-refractivity contribution in [3.63, 3.8) is 0 Å². The van der Waals surface area contributed by atoms with Gasteiger partial charge in [-0.25, -0.2) is 13.1 Å². The number of hydrogen-bond donors (Lipinski definition) is 2. The number of sulfonamides is 1.